The Hall–Kier alpha value is -2.57. The summed E-state index contributed by atoms with van der Waals surface area (Å²) in [5.74, 6) is -2.86. The number of fused-ring (bicyclic) bond motifs is 1. The first-order chi connectivity index (χ1) is 12.0. The molecule has 1 aliphatic heterocycles. The fourth-order valence-corrected chi connectivity index (χ4v) is 3.03. The Kier molecular flexibility index (Phi) is 4.65. The van der Waals surface area contributed by atoms with Crippen LogP contribution in [0.4, 0.5) is 19.0 Å². The van der Waals surface area contributed by atoms with Gasteiger partial charge in [-0.3, -0.25) is 0 Å². The Morgan fingerprint density at radius 2 is 1.96 bits per heavy atom. The van der Waals surface area contributed by atoms with Crippen molar-refractivity contribution in [1.82, 2.24) is 14.6 Å². The molecule has 3 aromatic rings. The zero-order chi connectivity index (χ0) is 18.0. The largest absolute Gasteiger partial charge is 0.342 e. The highest BCUT2D eigenvalue weighted by molar-refractivity contribution is 5.49. The average molecular weight is 348 g/mol. The van der Waals surface area contributed by atoms with Crippen LogP contribution in [0.5, 0.6) is 0 Å². The standard InChI is InChI=1S/C16H13F3N4.C2H6/c17-12-3-1-2-11(8-12)13-9-16(18,19)10-22(13)15-5-4-14-20-6-7-23(14)21-15;1-2/h1-8,13H,9-10H2;1-2H3. The third-order valence-electron chi connectivity index (χ3n) is 4.04. The molecule has 4 rings (SSSR count). The van der Waals surface area contributed by atoms with Gasteiger partial charge in [0, 0.05) is 18.8 Å². The number of benzene rings is 1. The predicted molar refractivity (Wildman–Crippen MR) is 90.4 cm³/mol. The molecule has 0 radical (unpaired) electrons. The van der Waals surface area contributed by atoms with Gasteiger partial charge in [0.2, 0.25) is 0 Å². The second-order valence-electron chi connectivity index (χ2n) is 5.68. The minimum Gasteiger partial charge on any atom is -0.342 e. The smallest absolute Gasteiger partial charge is 0.267 e. The summed E-state index contributed by atoms with van der Waals surface area (Å²) < 4.78 is 43.0. The summed E-state index contributed by atoms with van der Waals surface area (Å²) in [7, 11) is 0. The maximum absolute atomic E-state index is 14.0. The summed E-state index contributed by atoms with van der Waals surface area (Å²) in [4.78, 5) is 5.61. The Bertz CT molecular complexity index is 862. The van der Waals surface area contributed by atoms with Crippen molar-refractivity contribution in [3.05, 3.63) is 60.2 Å². The molecule has 1 aromatic carbocycles. The van der Waals surface area contributed by atoms with E-state index in [4.69, 9.17) is 0 Å². The van der Waals surface area contributed by atoms with Crippen LogP contribution in [-0.2, 0) is 0 Å². The van der Waals surface area contributed by atoms with E-state index in [0.717, 1.165) is 0 Å². The van der Waals surface area contributed by atoms with Crippen molar-refractivity contribution >= 4 is 11.5 Å². The van der Waals surface area contributed by atoms with Gasteiger partial charge in [-0.15, -0.1) is 5.10 Å². The number of aromatic nitrogens is 3. The zero-order valence-electron chi connectivity index (χ0n) is 14.0. The summed E-state index contributed by atoms with van der Waals surface area (Å²) in [5.41, 5.74) is 1.16. The van der Waals surface area contributed by atoms with Crippen LogP contribution in [0.15, 0.2) is 48.8 Å². The minimum absolute atomic E-state index is 0.361. The molecule has 0 bridgehead atoms. The summed E-state index contributed by atoms with van der Waals surface area (Å²) in [6.45, 7) is 3.56. The zero-order valence-corrected chi connectivity index (χ0v) is 14.0. The van der Waals surface area contributed by atoms with E-state index in [1.54, 1.807) is 30.6 Å². The number of hydrogen-bond donors (Lipinski definition) is 0. The molecule has 1 atom stereocenters. The lowest BCUT2D eigenvalue weighted by molar-refractivity contribution is 0.0222. The van der Waals surface area contributed by atoms with Crippen LogP contribution in [0.3, 0.4) is 0 Å². The number of anilines is 1. The van der Waals surface area contributed by atoms with Crippen LogP contribution in [0.1, 0.15) is 31.9 Å². The number of rotatable bonds is 2. The Morgan fingerprint density at radius 1 is 1.16 bits per heavy atom. The molecule has 0 aliphatic carbocycles. The lowest BCUT2D eigenvalue weighted by Crippen LogP contribution is -2.27. The highest BCUT2D eigenvalue weighted by Crippen LogP contribution is 2.43. The van der Waals surface area contributed by atoms with Gasteiger partial charge in [-0.25, -0.2) is 22.7 Å². The second-order valence-corrected chi connectivity index (χ2v) is 5.68. The summed E-state index contributed by atoms with van der Waals surface area (Å²) >= 11 is 0. The van der Waals surface area contributed by atoms with Crippen LogP contribution in [0.2, 0.25) is 0 Å². The normalized spacial score (nSPS) is 18.9. The van der Waals surface area contributed by atoms with Gasteiger partial charge in [0.1, 0.15) is 11.6 Å². The summed E-state index contributed by atoms with van der Waals surface area (Å²) in [6.07, 6.45) is 2.89. The Morgan fingerprint density at radius 3 is 2.72 bits per heavy atom. The fourth-order valence-electron chi connectivity index (χ4n) is 3.03. The summed E-state index contributed by atoms with van der Waals surface area (Å²) in [5, 5.41) is 4.33. The minimum atomic E-state index is -2.84. The van der Waals surface area contributed by atoms with Crippen molar-refractivity contribution in [2.24, 2.45) is 0 Å². The predicted octanol–water partition coefficient (Wildman–Crippen LogP) is 4.48. The van der Waals surface area contributed by atoms with E-state index in [1.165, 1.54) is 27.6 Å². The number of alkyl halides is 2. The molecule has 132 valence electrons. The molecule has 3 heterocycles. The lowest BCUT2D eigenvalue weighted by atomic mass is 10.0. The van der Waals surface area contributed by atoms with E-state index < -0.39 is 24.3 Å². The van der Waals surface area contributed by atoms with Gasteiger partial charge in [0.05, 0.1) is 12.6 Å². The van der Waals surface area contributed by atoms with Gasteiger partial charge in [-0.1, -0.05) is 26.0 Å². The molecular weight excluding hydrogens is 329 g/mol. The van der Waals surface area contributed by atoms with Crippen molar-refractivity contribution in [2.75, 3.05) is 11.4 Å². The van der Waals surface area contributed by atoms with Crippen molar-refractivity contribution in [3.63, 3.8) is 0 Å². The van der Waals surface area contributed by atoms with E-state index in [1.807, 2.05) is 13.8 Å². The van der Waals surface area contributed by atoms with Gasteiger partial charge in [0.15, 0.2) is 5.65 Å². The van der Waals surface area contributed by atoms with Crippen molar-refractivity contribution in [1.29, 1.82) is 0 Å². The highest BCUT2D eigenvalue weighted by Gasteiger charge is 2.46. The molecule has 7 heteroatoms. The number of nitrogens with zero attached hydrogens (tertiary/aromatic N) is 4. The Balaban J connectivity index is 0.000000880. The molecule has 25 heavy (non-hydrogen) atoms. The van der Waals surface area contributed by atoms with Crippen molar-refractivity contribution in [2.45, 2.75) is 32.2 Å². The molecule has 0 amide bonds. The topological polar surface area (TPSA) is 33.4 Å². The molecule has 1 aliphatic rings. The van der Waals surface area contributed by atoms with Gasteiger partial charge < -0.3 is 4.90 Å². The molecule has 1 saturated heterocycles. The monoisotopic (exact) mass is 348 g/mol. The van der Waals surface area contributed by atoms with Gasteiger partial charge in [-0.05, 0) is 29.8 Å². The van der Waals surface area contributed by atoms with Crippen molar-refractivity contribution in [3.8, 4) is 0 Å². The third-order valence-corrected chi connectivity index (χ3v) is 4.04. The molecule has 0 spiro atoms. The van der Waals surface area contributed by atoms with Gasteiger partial charge in [0.25, 0.3) is 5.92 Å². The van der Waals surface area contributed by atoms with Gasteiger partial charge in [-0.2, -0.15) is 0 Å². The van der Waals surface area contributed by atoms with E-state index in [9.17, 15) is 13.2 Å². The third kappa shape index (κ3) is 3.45. The number of hydrogen-bond acceptors (Lipinski definition) is 3. The lowest BCUT2D eigenvalue weighted by Gasteiger charge is -2.25. The average Bonchev–Trinajstić information content (AvgIpc) is 3.19. The quantitative estimate of drug-likeness (QED) is 0.685. The molecule has 1 fully saturated rings. The molecule has 2 aromatic heterocycles. The SMILES string of the molecule is CC.Fc1cccc(C2CC(F)(F)CN2c2ccc3nccn3n2)c1. The number of imidazole rings is 1. The first-order valence-electron chi connectivity index (χ1n) is 8.22. The summed E-state index contributed by atoms with van der Waals surface area (Å²) in [6, 6.07) is 8.57. The van der Waals surface area contributed by atoms with Gasteiger partial charge >= 0.3 is 0 Å². The second kappa shape index (κ2) is 6.74. The molecule has 4 nitrogen and oxygen atoms in total. The van der Waals surface area contributed by atoms with Crippen LogP contribution in [-0.4, -0.2) is 27.1 Å². The molecule has 0 saturated carbocycles. The molecule has 0 N–H and O–H groups in total. The maximum atomic E-state index is 14.0. The van der Waals surface area contributed by atoms with Crippen molar-refractivity contribution < 1.29 is 13.2 Å². The molecule has 1 unspecified atom stereocenters. The first-order valence-corrected chi connectivity index (χ1v) is 8.22. The fraction of sp³-hybridized carbons (Fsp3) is 0.333. The van der Waals surface area contributed by atoms with E-state index in [2.05, 4.69) is 10.1 Å². The van der Waals surface area contributed by atoms with Crippen LogP contribution in [0, 0.1) is 5.82 Å². The highest BCUT2D eigenvalue weighted by atomic mass is 19.3. The number of halogens is 3. The Labute approximate surface area is 143 Å². The van der Waals surface area contributed by atoms with Crippen LogP contribution < -0.4 is 4.90 Å². The van der Waals surface area contributed by atoms with E-state index in [0.29, 0.717) is 17.0 Å². The molecular formula is C18H19F3N4. The van der Waals surface area contributed by atoms with Crippen LogP contribution in [0.25, 0.3) is 5.65 Å². The first kappa shape index (κ1) is 17.3. The van der Waals surface area contributed by atoms with E-state index >= 15 is 0 Å². The van der Waals surface area contributed by atoms with Crippen LogP contribution >= 0.6 is 0 Å². The van der Waals surface area contributed by atoms with E-state index in [-0.39, 0.29) is 6.42 Å². The maximum Gasteiger partial charge on any atom is 0.267 e.